The maximum atomic E-state index is 5.80. The zero-order valence-corrected chi connectivity index (χ0v) is 16.9. The molecule has 5 heteroatoms. The lowest BCUT2D eigenvalue weighted by Gasteiger charge is -2.51. The van der Waals surface area contributed by atoms with Gasteiger partial charge in [0.05, 0.1) is 32.9 Å². The monoisotopic (exact) mass is 382 g/mol. The molecule has 3 aliphatic heterocycles. The summed E-state index contributed by atoms with van der Waals surface area (Å²) in [6.07, 6.45) is 3.25. The van der Waals surface area contributed by atoms with Crippen LogP contribution in [-0.2, 0) is 19.4 Å². The molecule has 0 aliphatic carbocycles. The predicted molar refractivity (Wildman–Crippen MR) is 106 cm³/mol. The molecular weight excluding hydrogens is 354 g/mol. The average Bonchev–Trinajstić information content (AvgIpc) is 3.17. The van der Waals surface area contributed by atoms with Crippen LogP contribution in [0.15, 0.2) is 24.3 Å². The lowest BCUT2D eigenvalue weighted by Crippen LogP contribution is -2.56. The molecular formula is C23H28NO4+. The first kappa shape index (κ1) is 17.7. The Bertz CT molecular complexity index is 925. The Balaban J connectivity index is 1.64. The summed E-state index contributed by atoms with van der Waals surface area (Å²) in [4.78, 5) is 0. The van der Waals surface area contributed by atoms with Crippen LogP contribution in [0.5, 0.6) is 23.0 Å². The Hall–Kier alpha value is -2.40. The number of hydrogen-bond donors (Lipinski definition) is 0. The molecule has 2 unspecified atom stereocenters. The highest BCUT2D eigenvalue weighted by Crippen LogP contribution is 2.50. The van der Waals surface area contributed by atoms with Gasteiger partial charge >= 0.3 is 0 Å². The predicted octanol–water partition coefficient (Wildman–Crippen LogP) is 4.01. The molecule has 5 nitrogen and oxygen atoms in total. The molecule has 2 aromatic carbocycles. The van der Waals surface area contributed by atoms with Gasteiger partial charge in [-0.05, 0) is 35.7 Å². The number of rotatable bonds is 4. The van der Waals surface area contributed by atoms with E-state index >= 15 is 0 Å². The van der Waals surface area contributed by atoms with Gasteiger partial charge in [0, 0.05) is 18.4 Å². The fourth-order valence-electron chi connectivity index (χ4n) is 5.52. The van der Waals surface area contributed by atoms with Crippen molar-refractivity contribution in [3.05, 3.63) is 46.5 Å². The van der Waals surface area contributed by atoms with E-state index in [1.807, 2.05) is 6.07 Å². The molecule has 0 radical (unpaired) electrons. The Morgan fingerprint density at radius 2 is 1.89 bits per heavy atom. The van der Waals surface area contributed by atoms with Crippen molar-refractivity contribution < 1.29 is 23.4 Å². The van der Waals surface area contributed by atoms with Gasteiger partial charge < -0.3 is 23.4 Å². The maximum Gasteiger partial charge on any atom is 0.231 e. The van der Waals surface area contributed by atoms with E-state index < -0.39 is 0 Å². The molecule has 3 heterocycles. The van der Waals surface area contributed by atoms with Crippen LogP contribution in [0.4, 0.5) is 0 Å². The molecule has 0 N–H and O–H groups in total. The van der Waals surface area contributed by atoms with Crippen molar-refractivity contribution in [1.82, 2.24) is 0 Å². The molecule has 0 amide bonds. The molecule has 28 heavy (non-hydrogen) atoms. The minimum Gasteiger partial charge on any atom is -0.493 e. The highest BCUT2D eigenvalue weighted by Gasteiger charge is 2.47. The van der Waals surface area contributed by atoms with Crippen LogP contribution in [0.25, 0.3) is 0 Å². The zero-order valence-electron chi connectivity index (χ0n) is 16.9. The van der Waals surface area contributed by atoms with Crippen molar-refractivity contribution in [3.63, 3.8) is 0 Å². The van der Waals surface area contributed by atoms with Gasteiger partial charge in [0.1, 0.15) is 12.6 Å². The van der Waals surface area contributed by atoms with Crippen molar-refractivity contribution in [1.29, 1.82) is 0 Å². The Morgan fingerprint density at radius 1 is 1.07 bits per heavy atom. The third-order valence-electron chi connectivity index (χ3n) is 6.78. The number of benzene rings is 2. The van der Waals surface area contributed by atoms with Gasteiger partial charge in [-0.2, -0.15) is 0 Å². The fourth-order valence-corrected chi connectivity index (χ4v) is 5.52. The second-order valence-corrected chi connectivity index (χ2v) is 8.14. The summed E-state index contributed by atoms with van der Waals surface area (Å²) in [7, 11) is 3.46. The lowest BCUT2D eigenvalue weighted by molar-refractivity contribution is -0.973. The molecule has 0 bridgehead atoms. The summed E-state index contributed by atoms with van der Waals surface area (Å²) >= 11 is 0. The highest BCUT2D eigenvalue weighted by molar-refractivity contribution is 5.54. The summed E-state index contributed by atoms with van der Waals surface area (Å²) in [6, 6.07) is 9.17. The number of ether oxygens (including phenoxy) is 4. The van der Waals surface area contributed by atoms with Crippen LogP contribution in [-0.4, -0.2) is 38.6 Å². The van der Waals surface area contributed by atoms with Crippen LogP contribution < -0.4 is 18.9 Å². The molecule has 2 atom stereocenters. The molecule has 0 fully saturated rings. The van der Waals surface area contributed by atoms with Gasteiger partial charge in [-0.1, -0.05) is 13.0 Å². The van der Waals surface area contributed by atoms with Crippen LogP contribution in [0, 0.1) is 0 Å². The van der Waals surface area contributed by atoms with Crippen LogP contribution in [0.2, 0.25) is 0 Å². The normalized spacial score (nSPS) is 24.2. The van der Waals surface area contributed by atoms with Crippen molar-refractivity contribution >= 4 is 0 Å². The largest absolute Gasteiger partial charge is 0.493 e. The molecule has 0 aromatic heterocycles. The Kier molecular flexibility index (Phi) is 4.16. The van der Waals surface area contributed by atoms with Gasteiger partial charge in [0.15, 0.2) is 23.0 Å². The highest BCUT2D eigenvalue weighted by atomic mass is 16.7. The van der Waals surface area contributed by atoms with Crippen LogP contribution in [0.1, 0.15) is 41.6 Å². The van der Waals surface area contributed by atoms with Crippen molar-refractivity contribution in [3.8, 4) is 23.0 Å². The number of quaternary nitrogens is 1. The number of nitrogens with zero attached hydrogens (tertiary/aromatic N) is 1. The Labute approximate surface area is 166 Å². The molecule has 0 spiro atoms. The van der Waals surface area contributed by atoms with Crippen molar-refractivity contribution in [2.45, 2.75) is 38.8 Å². The minimum absolute atomic E-state index is 0.331. The first-order valence-electron chi connectivity index (χ1n) is 10.2. The SMILES string of the molecule is CCC[N+]12CCc3cc4c(cc3C1Cc1ccc(OC)c(OC)c1C2)OCO4. The molecule has 2 aromatic rings. The summed E-state index contributed by atoms with van der Waals surface area (Å²) in [5, 5.41) is 0. The first-order valence-corrected chi connectivity index (χ1v) is 10.2. The van der Waals surface area contributed by atoms with E-state index in [1.165, 1.54) is 28.8 Å². The van der Waals surface area contributed by atoms with Crippen LogP contribution >= 0.6 is 0 Å². The van der Waals surface area contributed by atoms with Crippen LogP contribution in [0.3, 0.4) is 0 Å². The summed E-state index contributed by atoms with van der Waals surface area (Å²) < 4.78 is 23.8. The van der Waals surface area contributed by atoms with Gasteiger partial charge in [-0.15, -0.1) is 0 Å². The minimum atomic E-state index is 0.331. The van der Waals surface area contributed by atoms with Crippen molar-refractivity contribution in [2.75, 3.05) is 34.1 Å². The van der Waals surface area contributed by atoms with E-state index in [1.54, 1.807) is 14.2 Å². The van der Waals surface area contributed by atoms with Crippen molar-refractivity contribution in [2.24, 2.45) is 0 Å². The summed E-state index contributed by atoms with van der Waals surface area (Å²) in [5.74, 6) is 3.53. The maximum absolute atomic E-state index is 5.80. The molecule has 0 saturated carbocycles. The third kappa shape index (κ3) is 2.49. The Morgan fingerprint density at radius 3 is 2.64 bits per heavy atom. The van der Waals surface area contributed by atoms with E-state index in [0.29, 0.717) is 12.8 Å². The van der Waals surface area contributed by atoms with E-state index in [0.717, 1.165) is 59.8 Å². The lowest BCUT2D eigenvalue weighted by atomic mass is 9.80. The number of fused-ring (bicyclic) bond motifs is 5. The van der Waals surface area contributed by atoms with E-state index in [4.69, 9.17) is 18.9 Å². The average molecular weight is 382 g/mol. The fraction of sp³-hybridized carbons (Fsp3) is 0.478. The standard InChI is InChI=1S/C23H28NO4/c1-4-8-24-9-7-16-11-21-22(28-14-27-21)12-17(16)19(24)10-15-5-6-20(25-2)23(26-3)18(15)13-24/h5-6,11-12,19H,4,7-10,13-14H2,1-3H3/q+1. The first-order chi connectivity index (χ1) is 13.7. The summed E-state index contributed by atoms with van der Waals surface area (Å²) in [6.45, 7) is 5.92. The van der Waals surface area contributed by atoms with Gasteiger partial charge in [0.25, 0.3) is 0 Å². The van der Waals surface area contributed by atoms with Gasteiger partial charge in [0.2, 0.25) is 6.79 Å². The molecule has 3 aliphatic rings. The molecule has 0 saturated heterocycles. The second kappa shape index (κ2) is 6.59. The van der Waals surface area contributed by atoms with E-state index in [-0.39, 0.29) is 0 Å². The van der Waals surface area contributed by atoms with Gasteiger partial charge in [-0.3, -0.25) is 0 Å². The van der Waals surface area contributed by atoms with E-state index in [2.05, 4.69) is 25.1 Å². The smallest absolute Gasteiger partial charge is 0.231 e. The zero-order chi connectivity index (χ0) is 19.3. The molecule has 5 rings (SSSR count). The quantitative estimate of drug-likeness (QED) is 0.749. The topological polar surface area (TPSA) is 36.9 Å². The van der Waals surface area contributed by atoms with E-state index in [9.17, 15) is 0 Å². The third-order valence-corrected chi connectivity index (χ3v) is 6.78. The second-order valence-electron chi connectivity index (χ2n) is 8.14. The number of methoxy groups -OCH3 is 2. The summed E-state index contributed by atoms with van der Waals surface area (Å²) in [5.41, 5.74) is 5.54. The molecule has 148 valence electrons. The van der Waals surface area contributed by atoms with Gasteiger partial charge in [-0.25, -0.2) is 0 Å². The number of hydrogen-bond acceptors (Lipinski definition) is 4.